The van der Waals surface area contributed by atoms with Gasteiger partial charge in [-0.1, -0.05) is 30.3 Å². The highest BCUT2D eigenvalue weighted by atomic mass is 16.3. The molecule has 0 fully saturated rings. The maximum atomic E-state index is 9.10. The summed E-state index contributed by atoms with van der Waals surface area (Å²) in [6.45, 7) is 1.48. The Bertz CT molecular complexity index is 915. The lowest BCUT2D eigenvalue weighted by Gasteiger charge is -2.30. The number of anilines is 2. The number of aromatic nitrogens is 4. The van der Waals surface area contributed by atoms with Gasteiger partial charge >= 0.3 is 0 Å². The van der Waals surface area contributed by atoms with E-state index in [9.17, 15) is 0 Å². The molecule has 3 aromatic rings. The van der Waals surface area contributed by atoms with Gasteiger partial charge in [-0.05, 0) is 12.5 Å². The second kappa shape index (κ2) is 7.05. The highest BCUT2D eigenvalue weighted by Gasteiger charge is 2.23. The number of rotatable bonds is 4. The summed E-state index contributed by atoms with van der Waals surface area (Å²) in [6, 6.07) is 12.0. The first-order valence-electron chi connectivity index (χ1n) is 8.63. The number of nitrogens with two attached hydrogens (primary N) is 1. The van der Waals surface area contributed by atoms with Crippen LogP contribution >= 0.6 is 0 Å². The fourth-order valence-electron chi connectivity index (χ4n) is 3.26. The molecule has 0 radical (unpaired) electrons. The zero-order valence-corrected chi connectivity index (χ0v) is 14.3. The molecule has 3 heterocycles. The van der Waals surface area contributed by atoms with E-state index in [0.717, 1.165) is 41.3 Å². The molecule has 0 amide bonds. The Morgan fingerprint density at radius 1 is 1.08 bits per heavy atom. The summed E-state index contributed by atoms with van der Waals surface area (Å²) in [5.41, 5.74) is 10.0. The highest BCUT2D eigenvalue weighted by molar-refractivity contribution is 5.66. The number of aliphatic hydroxyl groups excluding tert-OH is 1. The molecule has 0 saturated heterocycles. The monoisotopic (exact) mass is 348 g/mol. The van der Waals surface area contributed by atoms with Crippen molar-refractivity contribution >= 4 is 11.8 Å². The van der Waals surface area contributed by atoms with Crippen LogP contribution in [0.5, 0.6) is 0 Å². The summed E-state index contributed by atoms with van der Waals surface area (Å²) >= 11 is 0. The SMILES string of the molecule is Nc1nc2c(c(-c3ccccc3)n1)CCN(c1ccnc(CCO)n1)C2. The van der Waals surface area contributed by atoms with Gasteiger partial charge in [-0.25, -0.2) is 19.9 Å². The molecular formula is C19H20N6O. The number of hydrogen-bond donors (Lipinski definition) is 2. The Morgan fingerprint density at radius 2 is 1.92 bits per heavy atom. The quantitative estimate of drug-likeness (QED) is 0.738. The molecular weight excluding hydrogens is 328 g/mol. The Kier molecular flexibility index (Phi) is 4.45. The second-order valence-corrected chi connectivity index (χ2v) is 6.20. The van der Waals surface area contributed by atoms with Gasteiger partial charge in [-0.3, -0.25) is 0 Å². The average Bonchev–Trinajstić information content (AvgIpc) is 2.68. The first-order valence-corrected chi connectivity index (χ1v) is 8.63. The maximum absolute atomic E-state index is 9.10. The van der Waals surface area contributed by atoms with E-state index < -0.39 is 0 Å². The van der Waals surface area contributed by atoms with Crippen molar-refractivity contribution in [3.63, 3.8) is 0 Å². The van der Waals surface area contributed by atoms with Crippen LogP contribution in [0.2, 0.25) is 0 Å². The van der Waals surface area contributed by atoms with Crippen molar-refractivity contribution in [3.05, 3.63) is 59.7 Å². The van der Waals surface area contributed by atoms with Gasteiger partial charge in [0.15, 0.2) is 0 Å². The smallest absolute Gasteiger partial charge is 0.220 e. The average molecular weight is 348 g/mol. The van der Waals surface area contributed by atoms with E-state index in [4.69, 9.17) is 10.8 Å². The third kappa shape index (κ3) is 3.21. The zero-order valence-electron chi connectivity index (χ0n) is 14.3. The van der Waals surface area contributed by atoms with Crippen LogP contribution in [0.1, 0.15) is 17.1 Å². The molecule has 1 aliphatic heterocycles. The first-order chi connectivity index (χ1) is 12.7. The minimum Gasteiger partial charge on any atom is -0.396 e. The number of aliphatic hydroxyl groups is 1. The van der Waals surface area contributed by atoms with Crippen LogP contribution in [0.25, 0.3) is 11.3 Å². The van der Waals surface area contributed by atoms with Crippen LogP contribution in [-0.2, 0) is 19.4 Å². The fourth-order valence-corrected chi connectivity index (χ4v) is 3.26. The molecule has 3 N–H and O–H groups in total. The van der Waals surface area contributed by atoms with Gasteiger partial charge in [0.25, 0.3) is 0 Å². The molecule has 0 saturated carbocycles. The lowest BCUT2D eigenvalue weighted by atomic mass is 9.98. The van der Waals surface area contributed by atoms with E-state index in [1.807, 2.05) is 36.4 Å². The van der Waals surface area contributed by atoms with E-state index >= 15 is 0 Å². The summed E-state index contributed by atoms with van der Waals surface area (Å²) in [7, 11) is 0. The predicted octanol–water partition coefficient (Wildman–Crippen LogP) is 1.61. The lowest BCUT2D eigenvalue weighted by molar-refractivity contribution is 0.296. The molecule has 0 unspecified atom stereocenters. The summed E-state index contributed by atoms with van der Waals surface area (Å²) in [5.74, 6) is 1.77. The number of nitrogens with zero attached hydrogens (tertiary/aromatic N) is 5. The van der Waals surface area contributed by atoms with Crippen molar-refractivity contribution in [2.75, 3.05) is 23.8 Å². The Hall–Kier alpha value is -3.06. The minimum atomic E-state index is 0.0382. The Morgan fingerprint density at radius 3 is 2.73 bits per heavy atom. The van der Waals surface area contributed by atoms with Gasteiger partial charge in [0, 0.05) is 30.3 Å². The lowest BCUT2D eigenvalue weighted by Crippen LogP contribution is -2.33. The number of nitrogen functional groups attached to an aromatic ring is 1. The molecule has 1 aliphatic rings. The van der Waals surface area contributed by atoms with Crippen molar-refractivity contribution in [2.45, 2.75) is 19.4 Å². The standard InChI is InChI=1S/C19H20N6O/c20-19-22-15-12-25(17-6-9-21-16(23-17)8-11-26)10-7-14(15)18(24-19)13-4-2-1-3-5-13/h1-6,9,26H,7-8,10-12H2,(H2,20,22,24). The van der Waals surface area contributed by atoms with Crippen LogP contribution in [0, 0.1) is 0 Å². The van der Waals surface area contributed by atoms with E-state index in [1.165, 1.54) is 0 Å². The molecule has 0 spiro atoms. The fraction of sp³-hybridized carbons (Fsp3) is 0.263. The largest absolute Gasteiger partial charge is 0.396 e. The van der Waals surface area contributed by atoms with Gasteiger partial charge in [0.2, 0.25) is 5.95 Å². The summed E-state index contributed by atoms with van der Waals surface area (Å²) in [6.07, 6.45) is 3.00. The number of hydrogen-bond acceptors (Lipinski definition) is 7. The molecule has 0 aliphatic carbocycles. The maximum Gasteiger partial charge on any atom is 0.220 e. The third-order valence-electron chi connectivity index (χ3n) is 4.48. The van der Waals surface area contributed by atoms with E-state index in [-0.39, 0.29) is 12.6 Å². The van der Waals surface area contributed by atoms with Crippen molar-refractivity contribution in [1.29, 1.82) is 0 Å². The topological polar surface area (TPSA) is 101 Å². The highest BCUT2D eigenvalue weighted by Crippen LogP contribution is 2.29. The van der Waals surface area contributed by atoms with Gasteiger partial charge in [-0.2, -0.15) is 0 Å². The van der Waals surface area contributed by atoms with Gasteiger partial charge in [-0.15, -0.1) is 0 Å². The van der Waals surface area contributed by atoms with E-state index in [2.05, 4.69) is 24.8 Å². The molecule has 0 bridgehead atoms. The van der Waals surface area contributed by atoms with Crippen molar-refractivity contribution in [3.8, 4) is 11.3 Å². The van der Waals surface area contributed by atoms with Crippen LogP contribution in [-0.4, -0.2) is 38.2 Å². The summed E-state index contributed by atoms with van der Waals surface area (Å²) < 4.78 is 0. The number of benzene rings is 1. The Balaban J connectivity index is 1.67. The molecule has 2 aromatic heterocycles. The third-order valence-corrected chi connectivity index (χ3v) is 4.48. The molecule has 7 nitrogen and oxygen atoms in total. The minimum absolute atomic E-state index is 0.0382. The normalized spacial score (nSPS) is 13.5. The van der Waals surface area contributed by atoms with Crippen LogP contribution in [0.15, 0.2) is 42.6 Å². The number of fused-ring (bicyclic) bond motifs is 1. The van der Waals surface area contributed by atoms with Crippen molar-refractivity contribution < 1.29 is 5.11 Å². The predicted molar refractivity (Wildman–Crippen MR) is 99.5 cm³/mol. The molecule has 132 valence electrons. The van der Waals surface area contributed by atoms with Crippen LogP contribution in [0.3, 0.4) is 0 Å². The van der Waals surface area contributed by atoms with E-state index in [0.29, 0.717) is 18.8 Å². The zero-order chi connectivity index (χ0) is 17.9. The second-order valence-electron chi connectivity index (χ2n) is 6.20. The first kappa shape index (κ1) is 16.4. The molecule has 1 aromatic carbocycles. The van der Waals surface area contributed by atoms with Gasteiger partial charge in [0.1, 0.15) is 11.6 Å². The molecule has 0 atom stereocenters. The Labute approximate surface area is 151 Å². The molecule has 7 heteroatoms. The van der Waals surface area contributed by atoms with Crippen LogP contribution in [0.4, 0.5) is 11.8 Å². The van der Waals surface area contributed by atoms with Crippen molar-refractivity contribution in [1.82, 2.24) is 19.9 Å². The van der Waals surface area contributed by atoms with Gasteiger partial charge < -0.3 is 15.7 Å². The van der Waals surface area contributed by atoms with Gasteiger partial charge in [0.05, 0.1) is 24.5 Å². The summed E-state index contributed by atoms with van der Waals surface area (Å²) in [4.78, 5) is 19.9. The van der Waals surface area contributed by atoms with E-state index in [1.54, 1.807) is 6.20 Å². The molecule has 4 rings (SSSR count). The van der Waals surface area contributed by atoms with Crippen molar-refractivity contribution in [2.24, 2.45) is 0 Å². The van der Waals surface area contributed by atoms with Crippen LogP contribution < -0.4 is 10.6 Å². The molecule has 26 heavy (non-hydrogen) atoms. The summed E-state index contributed by atoms with van der Waals surface area (Å²) in [5, 5.41) is 9.10.